The number of aromatic nitrogens is 2. The SMILES string of the molecule is C=CC(=O)N(C)c1ccc(C(=O)Nc2cnn(C(C)CC)c2C2CC2)cc1. The Morgan fingerprint density at radius 2 is 2.04 bits per heavy atom. The molecular weight excluding hydrogens is 340 g/mol. The van der Waals surface area contributed by atoms with Gasteiger partial charge in [0.15, 0.2) is 0 Å². The fraction of sp³-hybridized carbons (Fsp3) is 0.381. The molecule has 1 heterocycles. The van der Waals surface area contributed by atoms with Crippen LogP contribution in [0.4, 0.5) is 11.4 Å². The maximum Gasteiger partial charge on any atom is 0.255 e. The summed E-state index contributed by atoms with van der Waals surface area (Å²) in [6.07, 6.45) is 6.29. The number of hydrogen-bond acceptors (Lipinski definition) is 3. The van der Waals surface area contributed by atoms with Crippen LogP contribution in [0, 0.1) is 0 Å². The van der Waals surface area contributed by atoms with E-state index in [0.717, 1.165) is 30.6 Å². The Morgan fingerprint density at radius 1 is 1.37 bits per heavy atom. The Balaban J connectivity index is 1.77. The van der Waals surface area contributed by atoms with Crippen LogP contribution < -0.4 is 10.2 Å². The molecule has 0 aliphatic heterocycles. The first-order chi connectivity index (χ1) is 13.0. The fourth-order valence-corrected chi connectivity index (χ4v) is 3.05. The van der Waals surface area contributed by atoms with Gasteiger partial charge in [-0.2, -0.15) is 5.10 Å². The van der Waals surface area contributed by atoms with E-state index in [2.05, 4.69) is 30.8 Å². The summed E-state index contributed by atoms with van der Waals surface area (Å²) in [5, 5.41) is 7.52. The summed E-state index contributed by atoms with van der Waals surface area (Å²) >= 11 is 0. The molecule has 27 heavy (non-hydrogen) atoms. The van der Waals surface area contributed by atoms with E-state index in [-0.39, 0.29) is 11.8 Å². The fourth-order valence-electron chi connectivity index (χ4n) is 3.05. The Morgan fingerprint density at radius 3 is 2.59 bits per heavy atom. The molecule has 0 saturated heterocycles. The van der Waals surface area contributed by atoms with Gasteiger partial charge in [-0.1, -0.05) is 13.5 Å². The van der Waals surface area contributed by atoms with Crippen molar-refractivity contribution in [3.63, 3.8) is 0 Å². The van der Waals surface area contributed by atoms with E-state index in [1.807, 2.05) is 4.68 Å². The summed E-state index contributed by atoms with van der Waals surface area (Å²) in [4.78, 5) is 25.8. The molecule has 1 saturated carbocycles. The van der Waals surface area contributed by atoms with Crippen molar-refractivity contribution < 1.29 is 9.59 Å². The lowest BCUT2D eigenvalue weighted by atomic mass is 10.1. The topological polar surface area (TPSA) is 67.2 Å². The van der Waals surface area contributed by atoms with E-state index < -0.39 is 0 Å². The number of nitrogens with zero attached hydrogens (tertiary/aromatic N) is 3. The number of hydrogen-bond donors (Lipinski definition) is 1. The summed E-state index contributed by atoms with van der Waals surface area (Å²) in [6.45, 7) is 7.76. The molecule has 1 aliphatic rings. The van der Waals surface area contributed by atoms with Gasteiger partial charge in [0.2, 0.25) is 5.91 Å². The molecule has 2 amide bonds. The summed E-state index contributed by atoms with van der Waals surface area (Å²) in [5.74, 6) is 0.112. The average molecular weight is 366 g/mol. The highest BCUT2D eigenvalue weighted by Gasteiger charge is 2.32. The van der Waals surface area contributed by atoms with E-state index in [0.29, 0.717) is 23.2 Å². The molecule has 142 valence electrons. The zero-order valence-electron chi connectivity index (χ0n) is 16.1. The van der Waals surface area contributed by atoms with Gasteiger partial charge in [-0.15, -0.1) is 0 Å². The molecule has 1 N–H and O–H groups in total. The van der Waals surface area contributed by atoms with Gasteiger partial charge >= 0.3 is 0 Å². The normalized spacial score (nSPS) is 14.5. The smallest absolute Gasteiger partial charge is 0.255 e. The van der Waals surface area contributed by atoms with Crippen LogP contribution in [0.3, 0.4) is 0 Å². The van der Waals surface area contributed by atoms with Crippen LogP contribution in [-0.4, -0.2) is 28.6 Å². The lowest BCUT2D eigenvalue weighted by Crippen LogP contribution is -2.23. The molecule has 1 atom stereocenters. The quantitative estimate of drug-likeness (QED) is 0.749. The molecule has 2 aromatic rings. The lowest BCUT2D eigenvalue weighted by Gasteiger charge is -2.16. The second kappa shape index (κ2) is 7.78. The van der Waals surface area contributed by atoms with Gasteiger partial charge in [-0.25, -0.2) is 0 Å². The highest BCUT2D eigenvalue weighted by atomic mass is 16.2. The van der Waals surface area contributed by atoms with E-state index in [4.69, 9.17) is 0 Å². The van der Waals surface area contributed by atoms with Crippen molar-refractivity contribution in [1.29, 1.82) is 0 Å². The zero-order valence-corrected chi connectivity index (χ0v) is 16.1. The molecule has 1 aromatic heterocycles. The maximum absolute atomic E-state index is 12.7. The van der Waals surface area contributed by atoms with Crippen LogP contribution >= 0.6 is 0 Å². The number of carbonyl (C=O) groups is 2. The first kappa shape index (κ1) is 18.9. The lowest BCUT2D eigenvalue weighted by molar-refractivity contribution is -0.113. The van der Waals surface area contributed by atoms with Gasteiger partial charge in [0.05, 0.1) is 17.6 Å². The van der Waals surface area contributed by atoms with E-state index in [9.17, 15) is 9.59 Å². The largest absolute Gasteiger partial charge is 0.319 e. The van der Waals surface area contributed by atoms with Crippen molar-refractivity contribution in [2.45, 2.75) is 45.1 Å². The number of rotatable bonds is 7. The number of nitrogens with one attached hydrogen (secondary N) is 1. The van der Waals surface area contributed by atoms with E-state index >= 15 is 0 Å². The van der Waals surface area contributed by atoms with Gasteiger partial charge < -0.3 is 10.2 Å². The predicted molar refractivity (Wildman–Crippen MR) is 107 cm³/mol. The van der Waals surface area contributed by atoms with Crippen LogP contribution in [0.1, 0.15) is 61.1 Å². The zero-order chi connectivity index (χ0) is 19.6. The molecule has 1 aliphatic carbocycles. The second-order valence-electron chi connectivity index (χ2n) is 7.02. The summed E-state index contributed by atoms with van der Waals surface area (Å²) < 4.78 is 2.05. The third-order valence-electron chi connectivity index (χ3n) is 5.08. The van der Waals surface area contributed by atoms with Crippen LogP contribution in [0.2, 0.25) is 0 Å². The van der Waals surface area contributed by atoms with Crippen molar-refractivity contribution in [1.82, 2.24) is 9.78 Å². The molecule has 0 bridgehead atoms. The van der Waals surface area contributed by atoms with Crippen LogP contribution in [0.5, 0.6) is 0 Å². The molecular formula is C21H26N4O2. The number of anilines is 2. The summed E-state index contributed by atoms with van der Waals surface area (Å²) in [5.41, 5.74) is 3.17. The summed E-state index contributed by atoms with van der Waals surface area (Å²) in [7, 11) is 1.67. The Kier molecular flexibility index (Phi) is 5.44. The summed E-state index contributed by atoms with van der Waals surface area (Å²) in [6, 6.07) is 7.24. The molecule has 0 spiro atoms. The molecule has 6 nitrogen and oxygen atoms in total. The van der Waals surface area contributed by atoms with Gasteiger partial charge in [0.25, 0.3) is 5.91 Å². The molecule has 6 heteroatoms. The van der Waals surface area contributed by atoms with Crippen molar-refractivity contribution in [2.24, 2.45) is 0 Å². The Labute approximate surface area is 159 Å². The van der Waals surface area contributed by atoms with E-state index in [1.54, 1.807) is 37.5 Å². The first-order valence-corrected chi connectivity index (χ1v) is 9.35. The van der Waals surface area contributed by atoms with Crippen molar-refractivity contribution >= 4 is 23.2 Å². The van der Waals surface area contributed by atoms with Gasteiger partial charge in [0, 0.05) is 30.3 Å². The van der Waals surface area contributed by atoms with Gasteiger partial charge in [-0.05, 0) is 56.5 Å². The molecule has 1 unspecified atom stereocenters. The molecule has 0 radical (unpaired) electrons. The third kappa shape index (κ3) is 3.94. The van der Waals surface area contributed by atoms with Crippen molar-refractivity contribution in [2.75, 3.05) is 17.3 Å². The number of carbonyl (C=O) groups excluding carboxylic acids is 2. The van der Waals surface area contributed by atoms with Gasteiger partial charge in [0.1, 0.15) is 0 Å². The number of likely N-dealkylation sites (N-methyl/N-ethyl adjacent to an activating group) is 1. The average Bonchev–Trinajstić information content (AvgIpc) is 3.46. The minimum absolute atomic E-state index is 0.176. The van der Waals surface area contributed by atoms with Crippen molar-refractivity contribution in [3.05, 3.63) is 54.4 Å². The van der Waals surface area contributed by atoms with E-state index in [1.165, 1.54) is 11.0 Å². The van der Waals surface area contributed by atoms with Crippen LogP contribution in [0.25, 0.3) is 0 Å². The highest BCUT2D eigenvalue weighted by Crippen LogP contribution is 2.44. The monoisotopic (exact) mass is 366 g/mol. The second-order valence-corrected chi connectivity index (χ2v) is 7.02. The van der Waals surface area contributed by atoms with Gasteiger partial charge in [-0.3, -0.25) is 14.3 Å². The first-order valence-electron chi connectivity index (χ1n) is 9.35. The van der Waals surface area contributed by atoms with Crippen LogP contribution in [-0.2, 0) is 4.79 Å². The number of benzene rings is 1. The third-order valence-corrected chi connectivity index (χ3v) is 5.08. The minimum Gasteiger partial charge on any atom is -0.319 e. The minimum atomic E-state index is -0.196. The number of amides is 2. The van der Waals surface area contributed by atoms with Crippen LogP contribution in [0.15, 0.2) is 43.1 Å². The Hall–Kier alpha value is -2.89. The van der Waals surface area contributed by atoms with Crippen molar-refractivity contribution in [3.8, 4) is 0 Å². The Bertz CT molecular complexity index is 850. The molecule has 1 fully saturated rings. The molecule has 1 aromatic carbocycles. The maximum atomic E-state index is 12.7. The predicted octanol–water partition coefficient (Wildman–Crippen LogP) is 4.13. The highest BCUT2D eigenvalue weighted by molar-refractivity contribution is 6.05. The molecule has 3 rings (SSSR count). The standard InChI is InChI=1S/C21H26N4O2/c1-5-14(3)25-20(15-7-8-15)18(13-22-25)23-21(27)16-9-11-17(12-10-16)24(4)19(26)6-2/h6,9-15H,2,5,7-8H2,1,3-4H3,(H,23,27).